The van der Waals surface area contributed by atoms with Gasteiger partial charge in [-0.15, -0.1) is 0 Å². The number of hydrogen-bond donors (Lipinski definition) is 0. The summed E-state index contributed by atoms with van der Waals surface area (Å²) < 4.78 is 5.08. The maximum atomic E-state index is 5.28. The van der Waals surface area contributed by atoms with Crippen LogP contribution in [0.25, 0.3) is 0 Å². The lowest BCUT2D eigenvalue weighted by Crippen LogP contribution is -2.29. The molecule has 0 aromatic heterocycles. The lowest BCUT2D eigenvalue weighted by molar-refractivity contribution is -0.425. The lowest BCUT2D eigenvalue weighted by Gasteiger charge is -2.23. The van der Waals surface area contributed by atoms with Crippen molar-refractivity contribution >= 4 is 0 Å². The van der Waals surface area contributed by atoms with Crippen LogP contribution < -0.4 is 0 Å². The van der Waals surface area contributed by atoms with E-state index >= 15 is 0 Å². The summed E-state index contributed by atoms with van der Waals surface area (Å²) in [6, 6.07) is 0. The Labute approximate surface area is 92.6 Å². The Morgan fingerprint density at radius 3 is 2.53 bits per heavy atom. The Balaban J connectivity index is 4.05. The van der Waals surface area contributed by atoms with E-state index in [0.29, 0.717) is 0 Å². The van der Waals surface area contributed by atoms with Gasteiger partial charge in [-0.3, -0.25) is 0 Å². The van der Waals surface area contributed by atoms with Crippen LogP contribution in [0.1, 0.15) is 33.6 Å². The smallest absolute Gasteiger partial charge is 0.195 e. The standard InChI is InChI=1S/C12H22O3/c1-6-8-10-11(9-7-2)14-15-12(3,4)13-5/h6,8,10-11H,1,7,9H2,2-5H3/b10-8+. The highest BCUT2D eigenvalue weighted by molar-refractivity contribution is 5.00. The van der Waals surface area contributed by atoms with Crippen LogP contribution in [0.4, 0.5) is 0 Å². The third-order valence-electron chi connectivity index (χ3n) is 1.90. The van der Waals surface area contributed by atoms with E-state index in [9.17, 15) is 0 Å². The van der Waals surface area contributed by atoms with E-state index in [-0.39, 0.29) is 6.10 Å². The van der Waals surface area contributed by atoms with Crippen LogP contribution in [0, 0.1) is 0 Å². The van der Waals surface area contributed by atoms with E-state index in [2.05, 4.69) is 13.5 Å². The largest absolute Gasteiger partial charge is 0.351 e. The van der Waals surface area contributed by atoms with Crippen molar-refractivity contribution in [3.8, 4) is 0 Å². The molecule has 3 heteroatoms. The SMILES string of the molecule is C=C/C=C/C(CCC)OOC(C)(C)OC. The first-order valence-electron chi connectivity index (χ1n) is 5.24. The predicted octanol–water partition coefficient (Wildman–Crippen LogP) is 3.23. The monoisotopic (exact) mass is 214 g/mol. The van der Waals surface area contributed by atoms with Crippen LogP contribution in [0.5, 0.6) is 0 Å². The second-order valence-electron chi connectivity index (χ2n) is 3.73. The fourth-order valence-corrected chi connectivity index (χ4v) is 0.875. The molecule has 0 radical (unpaired) electrons. The van der Waals surface area contributed by atoms with Crippen LogP contribution in [-0.2, 0) is 14.5 Å². The number of ether oxygens (including phenoxy) is 1. The van der Waals surface area contributed by atoms with E-state index in [1.54, 1.807) is 27.0 Å². The van der Waals surface area contributed by atoms with Crippen molar-refractivity contribution < 1.29 is 14.5 Å². The van der Waals surface area contributed by atoms with E-state index in [1.165, 1.54) is 0 Å². The van der Waals surface area contributed by atoms with Crippen molar-refractivity contribution in [2.24, 2.45) is 0 Å². The van der Waals surface area contributed by atoms with Gasteiger partial charge in [-0.25, -0.2) is 9.78 Å². The minimum Gasteiger partial charge on any atom is -0.351 e. The summed E-state index contributed by atoms with van der Waals surface area (Å²) in [5, 5.41) is 0. The first-order chi connectivity index (χ1) is 7.05. The second kappa shape index (κ2) is 7.63. The summed E-state index contributed by atoms with van der Waals surface area (Å²) in [6.07, 6.45) is 7.37. The molecule has 1 unspecified atom stereocenters. The topological polar surface area (TPSA) is 27.7 Å². The van der Waals surface area contributed by atoms with Gasteiger partial charge in [-0.1, -0.05) is 38.2 Å². The third kappa shape index (κ3) is 7.31. The molecule has 0 aliphatic heterocycles. The highest BCUT2D eigenvalue weighted by Crippen LogP contribution is 2.14. The van der Waals surface area contributed by atoms with Gasteiger partial charge in [0.1, 0.15) is 6.10 Å². The van der Waals surface area contributed by atoms with Gasteiger partial charge in [0, 0.05) is 7.11 Å². The zero-order valence-corrected chi connectivity index (χ0v) is 10.2. The van der Waals surface area contributed by atoms with Gasteiger partial charge in [0.2, 0.25) is 0 Å². The van der Waals surface area contributed by atoms with Crippen LogP contribution in [-0.4, -0.2) is 19.0 Å². The Bertz CT molecular complexity index is 197. The molecule has 15 heavy (non-hydrogen) atoms. The maximum absolute atomic E-state index is 5.28. The molecular weight excluding hydrogens is 192 g/mol. The molecule has 0 amide bonds. The van der Waals surface area contributed by atoms with Crippen LogP contribution in [0.3, 0.4) is 0 Å². The van der Waals surface area contributed by atoms with E-state index < -0.39 is 5.79 Å². The highest BCUT2D eigenvalue weighted by Gasteiger charge is 2.20. The summed E-state index contributed by atoms with van der Waals surface area (Å²) in [7, 11) is 1.58. The molecule has 0 aliphatic rings. The van der Waals surface area contributed by atoms with Crippen molar-refractivity contribution in [3.63, 3.8) is 0 Å². The minimum absolute atomic E-state index is 0.0533. The fraction of sp³-hybridized carbons (Fsp3) is 0.667. The first-order valence-corrected chi connectivity index (χ1v) is 5.24. The van der Waals surface area contributed by atoms with Crippen molar-refractivity contribution in [2.75, 3.05) is 7.11 Å². The van der Waals surface area contributed by atoms with Gasteiger partial charge >= 0.3 is 0 Å². The average Bonchev–Trinajstić information content (AvgIpc) is 2.22. The predicted molar refractivity (Wildman–Crippen MR) is 61.3 cm³/mol. The fourth-order valence-electron chi connectivity index (χ4n) is 0.875. The molecule has 0 bridgehead atoms. The van der Waals surface area contributed by atoms with E-state index in [1.807, 2.05) is 12.2 Å². The normalized spacial score (nSPS) is 14.4. The summed E-state index contributed by atoms with van der Waals surface area (Å²) >= 11 is 0. The molecule has 0 saturated heterocycles. The number of methoxy groups -OCH3 is 1. The number of hydrogen-bond acceptors (Lipinski definition) is 3. The molecule has 0 aliphatic carbocycles. The quantitative estimate of drug-likeness (QED) is 0.269. The van der Waals surface area contributed by atoms with Crippen LogP contribution in [0.15, 0.2) is 24.8 Å². The number of rotatable bonds is 8. The molecule has 0 aromatic carbocycles. The van der Waals surface area contributed by atoms with E-state index in [0.717, 1.165) is 12.8 Å². The molecule has 1 atom stereocenters. The Hall–Kier alpha value is -0.640. The molecule has 0 fully saturated rings. The zero-order valence-electron chi connectivity index (χ0n) is 10.2. The van der Waals surface area contributed by atoms with Gasteiger partial charge in [0.05, 0.1) is 0 Å². The molecule has 0 saturated carbocycles. The molecule has 0 aromatic rings. The van der Waals surface area contributed by atoms with Gasteiger partial charge in [0.25, 0.3) is 0 Å². The van der Waals surface area contributed by atoms with Gasteiger partial charge < -0.3 is 4.74 Å². The third-order valence-corrected chi connectivity index (χ3v) is 1.90. The van der Waals surface area contributed by atoms with Crippen LogP contribution >= 0.6 is 0 Å². The van der Waals surface area contributed by atoms with Crippen molar-refractivity contribution in [3.05, 3.63) is 24.8 Å². The zero-order chi connectivity index (χ0) is 11.7. The molecular formula is C12H22O3. The second-order valence-corrected chi connectivity index (χ2v) is 3.73. The molecule has 0 rings (SSSR count). The summed E-state index contributed by atoms with van der Waals surface area (Å²) in [5.74, 6) is -0.714. The molecule has 0 N–H and O–H groups in total. The van der Waals surface area contributed by atoms with Gasteiger partial charge in [-0.05, 0) is 20.3 Å². The van der Waals surface area contributed by atoms with Crippen molar-refractivity contribution in [1.82, 2.24) is 0 Å². The average molecular weight is 214 g/mol. The maximum Gasteiger partial charge on any atom is 0.195 e. The molecule has 0 heterocycles. The minimum atomic E-state index is -0.714. The summed E-state index contributed by atoms with van der Waals surface area (Å²) in [4.78, 5) is 10.5. The number of allylic oxidation sites excluding steroid dienone is 2. The van der Waals surface area contributed by atoms with Crippen molar-refractivity contribution in [1.29, 1.82) is 0 Å². The van der Waals surface area contributed by atoms with Gasteiger partial charge in [0.15, 0.2) is 5.79 Å². The lowest BCUT2D eigenvalue weighted by atomic mass is 10.2. The molecule has 3 nitrogen and oxygen atoms in total. The van der Waals surface area contributed by atoms with E-state index in [4.69, 9.17) is 14.5 Å². The Kier molecular flexibility index (Phi) is 7.30. The summed E-state index contributed by atoms with van der Waals surface area (Å²) in [6.45, 7) is 9.30. The molecule has 0 spiro atoms. The van der Waals surface area contributed by atoms with Crippen molar-refractivity contribution in [2.45, 2.75) is 45.5 Å². The Morgan fingerprint density at radius 1 is 1.40 bits per heavy atom. The highest BCUT2D eigenvalue weighted by atomic mass is 17.2. The van der Waals surface area contributed by atoms with Gasteiger partial charge in [-0.2, -0.15) is 0 Å². The first kappa shape index (κ1) is 14.4. The van der Waals surface area contributed by atoms with Crippen LogP contribution in [0.2, 0.25) is 0 Å². The molecule has 88 valence electrons. The summed E-state index contributed by atoms with van der Waals surface area (Å²) in [5.41, 5.74) is 0. The Morgan fingerprint density at radius 2 is 2.07 bits per heavy atom.